The molecule has 0 bridgehead atoms. The van der Waals surface area contributed by atoms with E-state index >= 15 is 0 Å². The minimum atomic E-state index is -4.55. The molecule has 0 unspecified atom stereocenters. The number of ether oxygens (including phenoxy) is 1. The molecule has 0 amide bonds. The van der Waals surface area contributed by atoms with Gasteiger partial charge in [-0.1, -0.05) is 6.92 Å². The van der Waals surface area contributed by atoms with Crippen LogP contribution in [0.25, 0.3) is 0 Å². The Balaban J connectivity index is 3.79. The summed E-state index contributed by atoms with van der Waals surface area (Å²) >= 11 is 0. The normalized spacial score (nSPS) is 13.5. The zero-order valence-electron chi connectivity index (χ0n) is 5.83. The van der Waals surface area contributed by atoms with Crippen molar-refractivity contribution >= 4 is 0 Å². The molecule has 0 aromatic heterocycles. The maximum Gasteiger partial charge on any atom is 0.572 e. The van der Waals surface area contributed by atoms with Gasteiger partial charge in [-0.15, -0.1) is 13.2 Å². The number of hydrogen-bond donors (Lipinski definition) is 0. The molecule has 0 aliphatic heterocycles. The van der Waals surface area contributed by atoms with E-state index < -0.39 is 6.36 Å². The largest absolute Gasteiger partial charge is 0.572 e. The third kappa shape index (κ3) is 5.47. The van der Waals surface area contributed by atoms with Crippen LogP contribution >= 0.6 is 0 Å². The van der Waals surface area contributed by atoms with Crippen molar-refractivity contribution in [3.63, 3.8) is 0 Å². The molecular weight excluding hydrogens is 145 g/mol. The fourth-order valence-corrected chi connectivity index (χ4v) is 0.512. The second-order valence-electron chi connectivity index (χ2n) is 1.77. The molecular formula is C6H9F3O. The molecule has 0 rings (SSSR count). The third-order valence-corrected chi connectivity index (χ3v) is 0.768. The van der Waals surface area contributed by atoms with E-state index in [-0.39, 0.29) is 5.76 Å². The summed E-state index contributed by atoms with van der Waals surface area (Å²) in [7, 11) is 0. The molecule has 0 N–H and O–H groups in total. The molecule has 0 aliphatic rings. The van der Waals surface area contributed by atoms with Crippen molar-refractivity contribution in [3.05, 3.63) is 11.8 Å². The predicted molar refractivity (Wildman–Crippen MR) is 31.2 cm³/mol. The van der Waals surface area contributed by atoms with Crippen molar-refractivity contribution in [2.75, 3.05) is 0 Å². The van der Waals surface area contributed by atoms with Crippen LogP contribution < -0.4 is 0 Å². The Hall–Kier alpha value is -0.670. The van der Waals surface area contributed by atoms with Crippen LogP contribution in [0.3, 0.4) is 0 Å². The number of hydrogen-bond acceptors (Lipinski definition) is 1. The second-order valence-corrected chi connectivity index (χ2v) is 1.77. The first-order chi connectivity index (χ1) is 4.45. The molecule has 0 spiro atoms. The van der Waals surface area contributed by atoms with Gasteiger partial charge in [0.1, 0.15) is 0 Å². The standard InChI is InChI=1S/C6H9F3O/c1-3-4-5(2)10-6(7,8)9/h4H,3H2,1-2H3/b5-4+. The Bertz CT molecular complexity index is 125. The van der Waals surface area contributed by atoms with E-state index in [1.165, 1.54) is 13.0 Å². The van der Waals surface area contributed by atoms with Gasteiger partial charge in [0.25, 0.3) is 0 Å². The van der Waals surface area contributed by atoms with Gasteiger partial charge in [0.15, 0.2) is 0 Å². The van der Waals surface area contributed by atoms with E-state index in [1.54, 1.807) is 6.92 Å². The summed E-state index contributed by atoms with van der Waals surface area (Å²) in [4.78, 5) is 0. The highest BCUT2D eigenvalue weighted by molar-refractivity contribution is 4.87. The van der Waals surface area contributed by atoms with E-state index in [9.17, 15) is 13.2 Å². The van der Waals surface area contributed by atoms with Crippen LogP contribution in [-0.4, -0.2) is 6.36 Å². The van der Waals surface area contributed by atoms with Gasteiger partial charge in [-0.2, -0.15) is 0 Å². The van der Waals surface area contributed by atoms with Crippen LogP contribution in [0, 0.1) is 0 Å². The summed E-state index contributed by atoms with van der Waals surface area (Å²) in [5.41, 5.74) is 0. The average molecular weight is 154 g/mol. The first-order valence-electron chi connectivity index (χ1n) is 2.88. The molecule has 0 saturated carbocycles. The van der Waals surface area contributed by atoms with Crippen LogP contribution in [0.5, 0.6) is 0 Å². The van der Waals surface area contributed by atoms with Gasteiger partial charge in [0.05, 0.1) is 5.76 Å². The smallest absolute Gasteiger partial charge is 0.411 e. The summed E-state index contributed by atoms with van der Waals surface area (Å²) in [6.45, 7) is 3.01. The molecule has 0 aromatic carbocycles. The van der Waals surface area contributed by atoms with Crippen LogP contribution in [0.2, 0.25) is 0 Å². The molecule has 0 aromatic rings. The van der Waals surface area contributed by atoms with E-state index in [4.69, 9.17) is 0 Å². The summed E-state index contributed by atoms with van der Waals surface area (Å²) < 4.78 is 37.6. The molecule has 10 heavy (non-hydrogen) atoms. The van der Waals surface area contributed by atoms with E-state index in [0.29, 0.717) is 6.42 Å². The number of alkyl halides is 3. The Labute approximate surface area is 57.5 Å². The van der Waals surface area contributed by atoms with Crippen molar-refractivity contribution in [2.24, 2.45) is 0 Å². The minimum Gasteiger partial charge on any atom is -0.411 e. The van der Waals surface area contributed by atoms with Crippen molar-refractivity contribution in [1.82, 2.24) is 0 Å². The first-order valence-corrected chi connectivity index (χ1v) is 2.88. The first kappa shape index (κ1) is 9.33. The van der Waals surface area contributed by atoms with Gasteiger partial charge in [0, 0.05) is 0 Å². The van der Waals surface area contributed by atoms with Crippen molar-refractivity contribution < 1.29 is 17.9 Å². The van der Waals surface area contributed by atoms with Crippen LogP contribution in [0.15, 0.2) is 11.8 Å². The maximum absolute atomic E-state index is 11.4. The van der Waals surface area contributed by atoms with Crippen LogP contribution in [-0.2, 0) is 4.74 Å². The Morgan fingerprint density at radius 3 is 2.30 bits per heavy atom. The maximum atomic E-state index is 11.4. The number of halogens is 3. The Morgan fingerprint density at radius 1 is 1.50 bits per heavy atom. The molecule has 0 aliphatic carbocycles. The van der Waals surface area contributed by atoms with Gasteiger partial charge in [-0.05, 0) is 19.4 Å². The molecule has 0 atom stereocenters. The average Bonchev–Trinajstić information content (AvgIpc) is 1.59. The van der Waals surface area contributed by atoms with E-state index in [0.717, 1.165) is 0 Å². The summed E-state index contributed by atoms with van der Waals surface area (Å²) in [6.07, 6.45) is -2.63. The zero-order chi connectivity index (χ0) is 8.20. The van der Waals surface area contributed by atoms with Gasteiger partial charge in [-0.3, -0.25) is 0 Å². The van der Waals surface area contributed by atoms with Crippen molar-refractivity contribution in [1.29, 1.82) is 0 Å². The molecule has 0 saturated heterocycles. The van der Waals surface area contributed by atoms with Gasteiger partial charge in [-0.25, -0.2) is 0 Å². The summed E-state index contributed by atoms with van der Waals surface area (Å²) in [6, 6.07) is 0. The monoisotopic (exact) mass is 154 g/mol. The Morgan fingerprint density at radius 2 is 2.00 bits per heavy atom. The van der Waals surface area contributed by atoms with Gasteiger partial charge in [0.2, 0.25) is 0 Å². The van der Waals surface area contributed by atoms with Crippen molar-refractivity contribution in [2.45, 2.75) is 26.6 Å². The zero-order valence-corrected chi connectivity index (χ0v) is 5.83. The lowest BCUT2D eigenvalue weighted by Crippen LogP contribution is -2.11. The van der Waals surface area contributed by atoms with Crippen LogP contribution in [0.1, 0.15) is 20.3 Å². The molecule has 0 fully saturated rings. The lowest BCUT2D eigenvalue weighted by Gasteiger charge is -2.07. The molecule has 4 heteroatoms. The Kier molecular flexibility index (Phi) is 3.25. The lowest BCUT2D eigenvalue weighted by molar-refractivity contribution is -0.305. The van der Waals surface area contributed by atoms with Gasteiger partial charge >= 0.3 is 6.36 Å². The topological polar surface area (TPSA) is 9.23 Å². The lowest BCUT2D eigenvalue weighted by atomic mass is 10.4. The SMILES string of the molecule is CC/C=C(\C)OC(F)(F)F. The number of allylic oxidation sites excluding steroid dienone is 2. The fourth-order valence-electron chi connectivity index (χ4n) is 0.512. The highest BCUT2D eigenvalue weighted by Gasteiger charge is 2.30. The number of rotatable bonds is 2. The second kappa shape index (κ2) is 3.49. The van der Waals surface area contributed by atoms with E-state index in [2.05, 4.69) is 4.74 Å². The third-order valence-electron chi connectivity index (χ3n) is 0.768. The molecule has 0 radical (unpaired) electrons. The summed E-state index contributed by atoms with van der Waals surface area (Å²) in [5.74, 6) is -0.102. The molecule has 1 nitrogen and oxygen atoms in total. The quantitative estimate of drug-likeness (QED) is 0.555. The van der Waals surface area contributed by atoms with E-state index in [1.807, 2.05) is 0 Å². The molecule has 60 valence electrons. The predicted octanol–water partition coefficient (Wildman–Crippen LogP) is 2.84. The van der Waals surface area contributed by atoms with Gasteiger partial charge < -0.3 is 4.74 Å². The fraction of sp³-hybridized carbons (Fsp3) is 0.667. The minimum absolute atomic E-state index is 0.102. The van der Waals surface area contributed by atoms with Crippen LogP contribution in [0.4, 0.5) is 13.2 Å². The molecule has 0 heterocycles. The van der Waals surface area contributed by atoms with Crippen molar-refractivity contribution in [3.8, 4) is 0 Å². The highest BCUT2D eigenvalue weighted by Crippen LogP contribution is 2.20. The summed E-state index contributed by atoms with van der Waals surface area (Å²) in [5, 5.41) is 0. The highest BCUT2D eigenvalue weighted by atomic mass is 19.4.